The summed E-state index contributed by atoms with van der Waals surface area (Å²) in [5, 5.41) is 0. The first-order valence-corrected chi connectivity index (χ1v) is 4.40. The van der Waals surface area contributed by atoms with Crippen molar-refractivity contribution in [2.75, 3.05) is 5.73 Å². The van der Waals surface area contributed by atoms with Crippen molar-refractivity contribution in [1.29, 1.82) is 0 Å². The summed E-state index contributed by atoms with van der Waals surface area (Å²) >= 11 is 2.26. The van der Waals surface area contributed by atoms with E-state index in [-0.39, 0.29) is 0 Å². The van der Waals surface area contributed by atoms with Gasteiger partial charge in [0.15, 0.2) is 0 Å². The Morgan fingerprint density at radius 3 is 3.00 bits per heavy atom. The van der Waals surface area contributed by atoms with Crippen LogP contribution in [0.1, 0.15) is 17.7 Å². The molecule has 0 amide bonds. The highest BCUT2D eigenvalue weighted by molar-refractivity contribution is 14.1. The predicted octanol–water partition coefficient (Wildman–Crippen LogP) is 1.76. The zero-order chi connectivity index (χ0) is 7.14. The van der Waals surface area contributed by atoms with Gasteiger partial charge < -0.3 is 5.73 Å². The third-order valence-corrected chi connectivity index (χ3v) is 3.16. The first-order valence-electron chi connectivity index (χ1n) is 3.44. The molecule has 0 saturated heterocycles. The number of anilines is 1. The predicted molar refractivity (Wildman–Crippen MR) is 50.3 cm³/mol. The molecular weight excluding hydrogens is 239 g/mol. The van der Waals surface area contributed by atoms with Crippen LogP contribution in [0.15, 0.2) is 6.07 Å². The molecule has 0 aliphatic heterocycles. The molecule has 0 radical (unpaired) electrons. The molecule has 0 atom stereocenters. The standard InChI is InChI=1S/C7H9IN2/c8-10-6-3-1-2-5(6)4-7(10)9/h4H,1-3,9H2. The van der Waals surface area contributed by atoms with Crippen molar-refractivity contribution >= 4 is 28.7 Å². The van der Waals surface area contributed by atoms with Crippen LogP contribution in [0.4, 0.5) is 5.82 Å². The number of nitrogens with two attached hydrogens (primary N) is 1. The monoisotopic (exact) mass is 248 g/mol. The van der Waals surface area contributed by atoms with E-state index in [0.717, 1.165) is 5.82 Å². The lowest BCUT2D eigenvalue weighted by molar-refractivity contribution is 0.891. The molecule has 3 heteroatoms. The smallest absolute Gasteiger partial charge is 0.112 e. The summed E-state index contributed by atoms with van der Waals surface area (Å²) in [6.07, 6.45) is 3.72. The normalized spacial score (nSPS) is 15.7. The van der Waals surface area contributed by atoms with Crippen molar-refractivity contribution in [2.45, 2.75) is 19.3 Å². The van der Waals surface area contributed by atoms with Crippen molar-refractivity contribution < 1.29 is 0 Å². The van der Waals surface area contributed by atoms with Crippen LogP contribution in [-0.2, 0) is 12.8 Å². The van der Waals surface area contributed by atoms with Gasteiger partial charge in [0, 0.05) is 5.69 Å². The van der Waals surface area contributed by atoms with E-state index in [1.807, 2.05) is 0 Å². The molecule has 0 bridgehead atoms. The minimum absolute atomic E-state index is 0.894. The average Bonchev–Trinajstić information content (AvgIpc) is 2.41. The van der Waals surface area contributed by atoms with Gasteiger partial charge in [0.2, 0.25) is 0 Å². The number of aryl methyl sites for hydroxylation is 1. The number of nitrogen functional groups attached to an aromatic ring is 1. The van der Waals surface area contributed by atoms with Gasteiger partial charge in [0.1, 0.15) is 5.82 Å². The minimum Gasteiger partial charge on any atom is -0.385 e. The number of aromatic nitrogens is 1. The van der Waals surface area contributed by atoms with Gasteiger partial charge >= 0.3 is 0 Å². The maximum absolute atomic E-state index is 5.71. The zero-order valence-electron chi connectivity index (χ0n) is 5.60. The van der Waals surface area contributed by atoms with Crippen LogP contribution < -0.4 is 5.73 Å². The molecule has 54 valence electrons. The topological polar surface area (TPSA) is 30.9 Å². The van der Waals surface area contributed by atoms with E-state index in [1.54, 1.807) is 0 Å². The first-order chi connectivity index (χ1) is 4.79. The fourth-order valence-electron chi connectivity index (χ4n) is 1.52. The highest BCUT2D eigenvalue weighted by atomic mass is 127. The summed E-state index contributed by atoms with van der Waals surface area (Å²) in [5.74, 6) is 0.894. The Morgan fingerprint density at radius 2 is 2.30 bits per heavy atom. The Labute approximate surface area is 73.9 Å². The van der Waals surface area contributed by atoms with Gasteiger partial charge in [0.05, 0.1) is 22.9 Å². The largest absolute Gasteiger partial charge is 0.385 e. The van der Waals surface area contributed by atoms with Crippen molar-refractivity contribution in [3.8, 4) is 0 Å². The van der Waals surface area contributed by atoms with Crippen LogP contribution in [0.5, 0.6) is 0 Å². The number of fused-ring (bicyclic) bond motifs is 1. The number of hydrogen-bond donors (Lipinski definition) is 1. The summed E-state index contributed by atoms with van der Waals surface area (Å²) in [7, 11) is 0. The molecule has 0 fully saturated rings. The van der Waals surface area contributed by atoms with Gasteiger partial charge in [-0.25, -0.2) is 0 Å². The fraction of sp³-hybridized carbons (Fsp3) is 0.429. The Balaban J connectivity index is 2.59. The second-order valence-corrected chi connectivity index (χ2v) is 3.64. The molecule has 1 aromatic rings. The van der Waals surface area contributed by atoms with Crippen molar-refractivity contribution in [1.82, 2.24) is 2.78 Å². The molecule has 2 N–H and O–H groups in total. The molecule has 1 heterocycles. The molecule has 10 heavy (non-hydrogen) atoms. The van der Waals surface area contributed by atoms with E-state index >= 15 is 0 Å². The maximum Gasteiger partial charge on any atom is 0.112 e. The second kappa shape index (κ2) is 2.15. The highest BCUT2D eigenvalue weighted by Crippen LogP contribution is 2.28. The van der Waals surface area contributed by atoms with Crippen molar-refractivity contribution in [3.63, 3.8) is 0 Å². The molecule has 0 aromatic carbocycles. The van der Waals surface area contributed by atoms with E-state index in [1.165, 1.54) is 30.5 Å². The van der Waals surface area contributed by atoms with E-state index in [0.29, 0.717) is 0 Å². The van der Waals surface area contributed by atoms with Gasteiger partial charge in [0.25, 0.3) is 0 Å². The van der Waals surface area contributed by atoms with E-state index in [4.69, 9.17) is 5.73 Å². The van der Waals surface area contributed by atoms with Crippen LogP contribution in [-0.4, -0.2) is 2.78 Å². The maximum atomic E-state index is 5.71. The lowest BCUT2D eigenvalue weighted by Crippen LogP contribution is -1.92. The van der Waals surface area contributed by atoms with Crippen LogP contribution >= 0.6 is 22.9 Å². The van der Waals surface area contributed by atoms with Crippen LogP contribution in [0.2, 0.25) is 0 Å². The van der Waals surface area contributed by atoms with Crippen LogP contribution in [0, 0.1) is 0 Å². The quantitative estimate of drug-likeness (QED) is 0.697. The molecule has 2 rings (SSSR count). The Kier molecular flexibility index (Phi) is 1.40. The first kappa shape index (κ1) is 6.52. The van der Waals surface area contributed by atoms with Gasteiger partial charge in [-0.15, -0.1) is 0 Å². The Hall–Kier alpha value is -0.190. The highest BCUT2D eigenvalue weighted by Gasteiger charge is 2.16. The van der Waals surface area contributed by atoms with Gasteiger partial charge in [-0.05, 0) is 30.9 Å². The molecule has 2 nitrogen and oxygen atoms in total. The van der Waals surface area contributed by atoms with Crippen LogP contribution in [0.25, 0.3) is 0 Å². The zero-order valence-corrected chi connectivity index (χ0v) is 7.76. The van der Waals surface area contributed by atoms with E-state index < -0.39 is 0 Å². The fourth-order valence-corrected chi connectivity index (χ4v) is 2.21. The third kappa shape index (κ3) is 0.761. The molecule has 0 saturated carbocycles. The van der Waals surface area contributed by atoms with Crippen molar-refractivity contribution in [2.24, 2.45) is 0 Å². The summed E-state index contributed by atoms with van der Waals surface area (Å²) < 4.78 is 2.07. The number of hydrogen-bond acceptors (Lipinski definition) is 1. The molecule has 0 unspecified atom stereocenters. The Bertz CT molecular complexity index is 265. The van der Waals surface area contributed by atoms with Crippen LogP contribution in [0.3, 0.4) is 0 Å². The average molecular weight is 248 g/mol. The lowest BCUT2D eigenvalue weighted by atomic mass is 10.3. The lowest BCUT2D eigenvalue weighted by Gasteiger charge is -1.96. The number of nitrogens with zero attached hydrogens (tertiary/aromatic N) is 1. The van der Waals surface area contributed by atoms with Crippen molar-refractivity contribution in [3.05, 3.63) is 17.3 Å². The summed E-state index contributed by atoms with van der Waals surface area (Å²) in [6, 6.07) is 2.09. The van der Waals surface area contributed by atoms with Gasteiger partial charge in [-0.2, -0.15) is 0 Å². The number of halogens is 1. The Morgan fingerprint density at radius 1 is 1.50 bits per heavy atom. The summed E-state index contributed by atoms with van der Waals surface area (Å²) in [4.78, 5) is 0. The molecule has 1 aromatic heterocycles. The summed E-state index contributed by atoms with van der Waals surface area (Å²) in [6.45, 7) is 0. The second-order valence-electron chi connectivity index (χ2n) is 2.68. The number of rotatable bonds is 0. The van der Waals surface area contributed by atoms with Gasteiger partial charge in [-0.3, -0.25) is 2.78 Å². The van der Waals surface area contributed by atoms with E-state index in [2.05, 4.69) is 31.7 Å². The third-order valence-electron chi connectivity index (χ3n) is 2.02. The molecule has 1 aliphatic rings. The minimum atomic E-state index is 0.894. The van der Waals surface area contributed by atoms with E-state index in [9.17, 15) is 0 Å². The summed E-state index contributed by atoms with van der Waals surface area (Å²) in [5.41, 5.74) is 8.59. The molecular formula is C7H9IN2. The van der Waals surface area contributed by atoms with Gasteiger partial charge in [-0.1, -0.05) is 0 Å². The SMILES string of the molecule is Nc1cc2c(n1I)CCC2. The molecule has 0 spiro atoms. The molecule has 1 aliphatic carbocycles.